The van der Waals surface area contributed by atoms with Gasteiger partial charge in [-0.1, -0.05) is 23.7 Å². The standard InChI is InChI=1S/C24H23ClN4OS/c1-14-13-26-23(27-14)19-11-10-17(12-20(19)30-2)28-24-29-22-18(4-3-5-21(22)31-24)15-6-8-16(25)9-7-15/h6-13,18H,3-5H2,1-2H3,(H,26,27)(H,28,29). The topological polar surface area (TPSA) is 62.8 Å². The number of H-pyrrole nitrogens is 1. The molecule has 2 N–H and O–H groups in total. The smallest absolute Gasteiger partial charge is 0.187 e. The maximum Gasteiger partial charge on any atom is 0.187 e. The molecule has 2 aromatic carbocycles. The van der Waals surface area contributed by atoms with Crippen LogP contribution in [0.3, 0.4) is 0 Å². The Morgan fingerprint density at radius 3 is 2.77 bits per heavy atom. The summed E-state index contributed by atoms with van der Waals surface area (Å²) in [7, 11) is 1.68. The van der Waals surface area contributed by atoms with Crippen LogP contribution in [0, 0.1) is 6.92 Å². The number of methoxy groups -OCH3 is 1. The molecule has 4 aromatic rings. The molecular formula is C24H23ClN4OS. The number of nitrogens with zero attached hydrogens (tertiary/aromatic N) is 2. The molecule has 0 amide bonds. The molecule has 0 aliphatic heterocycles. The van der Waals surface area contributed by atoms with E-state index in [-0.39, 0.29) is 0 Å². The van der Waals surface area contributed by atoms with Crippen LogP contribution in [0.5, 0.6) is 5.75 Å². The summed E-state index contributed by atoms with van der Waals surface area (Å²) in [6, 6.07) is 14.2. The van der Waals surface area contributed by atoms with Crippen LogP contribution in [0.2, 0.25) is 5.02 Å². The third-order valence-corrected chi connectivity index (χ3v) is 6.94. The number of nitrogens with one attached hydrogen (secondary N) is 2. The number of aromatic nitrogens is 3. The van der Waals surface area contributed by atoms with Gasteiger partial charge < -0.3 is 15.0 Å². The van der Waals surface area contributed by atoms with Crippen molar-refractivity contribution in [2.75, 3.05) is 12.4 Å². The van der Waals surface area contributed by atoms with Gasteiger partial charge >= 0.3 is 0 Å². The van der Waals surface area contributed by atoms with Gasteiger partial charge in [0.15, 0.2) is 5.13 Å². The van der Waals surface area contributed by atoms with E-state index >= 15 is 0 Å². The molecule has 0 spiro atoms. The number of anilines is 2. The predicted octanol–water partition coefficient (Wildman–Crippen LogP) is 6.72. The molecule has 0 saturated carbocycles. The number of benzene rings is 2. The lowest BCUT2D eigenvalue weighted by Gasteiger charge is -2.21. The Bertz CT molecular complexity index is 1210. The van der Waals surface area contributed by atoms with Crippen LogP contribution in [0.15, 0.2) is 48.7 Å². The van der Waals surface area contributed by atoms with Crippen molar-refractivity contribution in [3.05, 3.63) is 75.5 Å². The highest BCUT2D eigenvalue weighted by atomic mass is 35.5. The van der Waals surface area contributed by atoms with E-state index in [1.807, 2.05) is 43.5 Å². The average Bonchev–Trinajstić information content (AvgIpc) is 3.39. The normalized spacial score (nSPS) is 15.5. The Kier molecular flexibility index (Phi) is 5.42. The summed E-state index contributed by atoms with van der Waals surface area (Å²) >= 11 is 7.82. The molecule has 0 fully saturated rings. The molecule has 1 unspecified atom stereocenters. The highest BCUT2D eigenvalue weighted by molar-refractivity contribution is 7.15. The van der Waals surface area contributed by atoms with Gasteiger partial charge in [-0.15, -0.1) is 11.3 Å². The van der Waals surface area contributed by atoms with Gasteiger partial charge in [0.2, 0.25) is 0 Å². The van der Waals surface area contributed by atoms with Crippen molar-refractivity contribution in [1.82, 2.24) is 15.0 Å². The summed E-state index contributed by atoms with van der Waals surface area (Å²) in [6.07, 6.45) is 5.19. The van der Waals surface area contributed by atoms with Crippen molar-refractivity contribution >= 4 is 33.8 Å². The molecule has 2 heterocycles. The third-order valence-electron chi connectivity index (χ3n) is 5.64. The zero-order valence-electron chi connectivity index (χ0n) is 17.4. The van der Waals surface area contributed by atoms with Crippen LogP contribution < -0.4 is 10.1 Å². The summed E-state index contributed by atoms with van der Waals surface area (Å²) in [4.78, 5) is 14.0. The Morgan fingerprint density at radius 2 is 2.03 bits per heavy atom. The second-order valence-electron chi connectivity index (χ2n) is 7.78. The quantitative estimate of drug-likeness (QED) is 0.354. The fourth-order valence-corrected chi connectivity index (χ4v) is 5.34. The first-order valence-corrected chi connectivity index (χ1v) is 11.5. The molecule has 0 radical (unpaired) electrons. The SMILES string of the molecule is COc1cc(Nc2nc3c(s2)CCCC3c2ccc(Cl)cc2)ccc1-c1ncc(C)[nH]1. The number of aromatic amines is 1. The summed E-state index contributed by atoms with van der Waals surface area (Å²) < 4.78 is 5.63. The maximum absolute atomic E-state index is 6.08. The molecule has 7 heteroatoms. The number of halogens is 1. The first kappa shape index (κ1) is 20.1. The molecule has 31 heavy (non-hydrogen) atoms. The number of ether oxygens (including phenoxy) is 1. The van der Waals surface area contributed by atoms with Crippen molar-refractivity contribution in [2.45, 2.75) is 32.1 Å². The Hall–Kier alpha value is -2.83. The first-order chi connectivity index (χ1) is 15.1. The van der Waals surface area contributed by atoms with Crippen LogP contribution in [-0.4, -0.2) is 22.1 Å². The predicted molar refractivity (Wildman–Crippen MR) is 127 cm³/mol. The van der Waals surface area contributed by atoms with Gasteiger partial charge in [0.05, 0.1) is 18.4 Å². The first-order valence-electron chi connectivity index (χ1n) is 10.3. The van der Waals surface area contributed by atoms with Crippen LogP contribution in [-0.2, 0) is 6.42 Å². The number of imidazole rings is 1. The molecule has 5 nitrogen and oxygen atoms in total. The van der Waals surface area contributed by atoms with Crippen LogP contribution in [0.4, 0.5) is 10.8 Å². The molecule has 158 valence electrons. The van der Waals surface area contributed by atoms with Gasteiger partial charge in [-0.05, 0) is 56.0 Å². The number of thiazole rings is 1. The van der Waals surface area contributed by atoms with Crippen molar-refractivity contribution < 1.29 is 4.74 Å². The van der Waals surface area contributed by atoms with Crippen molar-refractivity contribution in [2.24, 2.45) is 0 Å². The van der Waals surface area contributed by atoms with Gasteiger partial charge in [0, 0.05) is 39.5 Å². The molecule has 1 aliphatic rings. The zero-order valence-corrected chi connectivity index (χ0v) is 19.0. The number of hydrogen-bond acceptors (Lipinski definition) is 5. The van der Waals surface area contributed by atoms with Gasteiger partial charge in [-0.3, -0.25) is 0 Å². The Labute approximate surface area is 190 Å². The summed E-state index contributed by atoms with van der Waals surface area (Å²) in [5, 5.41) is 5.15. The minimum atomic E-state index is 0.326. The Morgan fingerprint density at radius 1 is 1.19 bits per heavy atom. The number of hydrogen-bond donors (Lipinski definition) is 2. The fourth-order valence-electron chi connectivity index (χ4n) is 4.13. The summed E-state index contributed by atoms with van der Waals surface area (Å²) in [6.45, 7) is 1.99. The van der Waals surface area contributed by atoms with Gasteiger partial charge in [-0.25, -0.2) is 9.97 Å². The van der Waals surface area contributed by atoms with Crippen LogP contribution in [0.25, 0.3) is 11.4 Å². The van der Waals surface area contributed by atoms with E-state index in [2.05, 4.69) is 27.4 Å². The molecule has 1 aliphatic carbocycles. The van der Waals surface area contributed by atoms with E-state index in [1.165, 1.54) is 22.6 Å². The van der Waals surface area contributed by atoms with Gasteiger partial charge in [0.25, 0.3) is 0 Å². The Balaban J connectivity index is 1.42. The zero-order chi connectivity index (χ0) is 21.4. The third kappa shape index (κ3) is 4.05. The largest absolute Gasteiger partial charge is 0.496 e. The molecule has 0 bridgehead atoms. The van der Waals surface area contributed by atoms with E-state index in [1.54, 1.807) is 18.4 Å². The molecule has 2 aromatic heterocycles. The van der Waals surface area contributed by atoms with Crippen molar-refractivity contribution in [3.63, 3.8) is 0 Å². The summed E-state index contributed by atoms with van der Waals surface area (Å²) in [5.74, 6) is 1.89. The lowest BCUT2D eigenvalue weighted by molar-refractivity contribution is 0.416. The second-order valence-corrected chi connectivity index (χ2v) is 9.30. The maximum atomic E-state index is 6.08. The van der Waals surface area contributed by atoms with E-state index in [4.69, 9.17) is 21.3 Å². The molecule has 0 saturated heterocycles. The molecule has 1 atom stereocenters. The lowest BCUT2D eigenvalue weighted by atomic mass is 9.85. The summed E-state index contributed by atoms with van der Waals surface area (Å²) in [5.41, 5.74) is 5.36. The van der Waals surface area contributed by atoms with E-state index in [0.717, 1.165) is 51.5 Å². The van der Waals surface area contributed by atoms with Gasteiger partial charge in [0.1, 0.15) is 11.6 Å². The van der Waals surface area contributed by atoms with Crippen molar-refractivity contribution in [3.8, 4) is 17.1 Å². The monoisotopic (exact) mass is 450 g/mol. The number of rotatable bonds is 5. The van der Waals surface area contributed by atoms with E-state index in [9.17, 15) is 0 Å². The lowest BCUT2D eigenvalue weighted by Crippen LogP contribution is -2.09. The average molecular weight is 451 g/mol. The number of fused-ring (bicyclic) bond motifs is 1. The molecule has 5 rings (SSSR count). The second kappa shape index (κ2) is 8.36. The fraction of sp³-hybridized carbons (Fsp3) is 0.250. The van der Waals surface area contributed by atoms with E-state index < -0.39 is 0 Å². The van der Waals surface area contributed by atoms with Gasteiger partial charge in [-0.2, -0.15) is 0 Å². The van der Waals surface area contributed by atoms with Crippen LogP contribution in [0.1, 0.15) is 40.6 Å². The molecular weight excluding hydrogens is 428 g/mol. The highest BCUT2D eigenvalue weighted by Gasteiger charge is 2.26. The minimum absolute atomic E-state index is 0.326. The number of aryl methyl sites for hydroxylation is 2. The van der Waals surface area contributed by atoms with Crippen molar-refractivity contribution in [1.29, 1.82) is 0 Å². The minimum Gasteiger partial charge on any atom is -0.496 e. The highest BCUT2D eigenvalue weighted by Crippen LogP contribution is 2.41. The van der Waals surface area contributed by atoms with Crippen LogP contribution >= 0.6 is 22.9 Å². The van der Waals surface area contributed by atoms with E-state index in [0.29, 0.717) is 5.92 Å².